The standard InChI is InChI=1S/C19H17BrN4O2/c1-13-10-18(25)23-19(22-13)24-21-11-15-4-2-3-5-17(15)26-12-14-6-8-16(20)9-7-14/h2-11H,12H2,1H3,(H2,22,23,24,25)/b21-11+. The summed E-state index contributed by atoms with van der Waals surface area (Å²) >= 11 is 3.42. The summed E-state index contributed by atoms with van der Waals surface area (Å²) in [5.41, 5.74) is 4.99. The van der Waals surface area contributed by atoms with Crippen molar-refractivity contribution >= 4 is 28.1 Å². The molecule has 0 saturated heterocycles. The number of halogens is 1. The maximum absolute atomic E-state index is 11.4. The van der Waals surface area contributed by atoms with E-state index in [0.29, 0.717) is 24.0 Å². The highest BCUT2D eigenvalue weighted by Gasteiger charge is 2.02. The van der Waals surface area contributed by atoms with Crippen LogP contribution in [0.2, 0.25) is 0 Å². The average Bonchev–Trinajstić information content (AvgIpc) is 2.61. The minimum Gasteiger partial charge on any atom is -0.488 e. The Labute approximate surface area is 159 Å². The summed E-state index contributed by atoms with van der Waals surface area (Å²) in [4.78, 5) is 18.2. The molecule has 3 aromatic rings. The van der Waals surface area contributed by atoms with Gasteiger partial charge in [0, 0.05) is 21.8 Å². The van der Waals surface area contributed by atoms with Gasteiger partial charge in [0.2, 0.25) is 5.95 Å². The third kappa shape index (κ3) is 5.03. The molecule has 0 aliphatic carbocycles. The van der Waals surface area contributed by atoms with Crippen LogP contribution in [0.25, 0.3) is 0 Å². The van der Waals surface area contributed by atoms with E-state index in [9.17, 15) is 4.79 Å². The largest absolute Gasteiger partial charge is 0.488 e. The number of H-pyrrole nitrogens is 1. The molecule has 0 spiro atoms. The Morgan fingerprint density at radius 3 is 2.77 bits per heavy atom. The first kappa shape index (κ1) is 17.9. The molecule has 2 aromatic carbocycles. The highest BCUT2D eigenvalue weighted by molar-refractivity contribution is 9.10. The number of rotatable bonds is 6. The van der Waals surface area contributed by atoms with Crippen molar-refractivity contribution in [2.45, 2.75) is 13.5 Å². The van der Waals surface area contributed by atoms with Crippen LogP contribution < -0.4 is 15.7 Å². The van der Waals surface area contributed by atoms with Crippen LogP contribution in [0.15, 0.2) is 69.0 Å². The average molecular weight is 413 g/mol. The summed E-state index contributed by atoms with van der Waals surface area (Å²) in [6.45, 7) is 2.20. The van der Waals surface area contributed by atoms with Gasteiger partial charge in [-0.1, -0.05) is 40.2 Å². The van der Waals surface area contributed by atoms with Crippen LogP contribution in [-0.4, -0.2) is 16.2 Å². The number of nitrogens with zero attached hydrogens (tertiary/aromatic N) is 2. The summed E-state index contributed by atoms with van der Waals surface area (Å²) in [6, 6.07) is 17.0. The van der Waals surface area contributed by atoms with Crippen LogP contribution in [0.3, 0.4) is 0 Å². The Hall–Kier alpha value is -2.93. The molecule has 0 aliphatic rings. The number of para-hydroxylation sites is 1. The van der Waals surface area contributed by atoms with Crippen LogP contribution in [-0.2, 0) is 6.61 Å². The molecular formula is C19H17BrN4O2. The number of hydrogen-bond donors (Lipinski definition) is 2. The zero-order valence-electron chi connectivity index (χ0n) is 14.1. The topological polar surface area (TPSA) is 79.4 Å². The molecular weight excluding hydrogens is 396 g/mol. The van der Waals surface area contributed by atoms with E-state index >= 15 is 0 Å². The smallest absolute Gasteiger partial charge is 0.252 e. The van der Waals surface area contributed by atoms with Crippen molar-refractivity contribution in [3.63, 3.8) is 0 Å². The van der Waals surface area contributed by atoms with Crippen LogP contribution in [0.5, 0.6) is 5.75 Å². The van der Waals surface area contributed by atoms with Gasteiger partial charge in [-0.05, 0) is 36.8 Å². The summed E-state index contributed by atoms with van der Waals surface area (Å²) < 4.78 is 6.93. The van der Waals surface area contributed by atoms with E-state index in [4.69, 9.17) is 4.74 Å². The van der Waals surface area contributed by atoms with Crippen LogP contribution in [0.4, 0.5) is 5.95 Å². The summed E-state index contributed by atoms with van der Waals surface area (Å²) in [5.74, 6) is 1.01. The van der Waals surface area contributed by atoms with E-state index in [-0.39, 0.29) is 5.56 Å². The number of hydrazone groups is 1. The molecule has 3 rings (SSSR count). The Bertz CT molecular complexity index is 968. The molecule has 7 heteroatoms. The molecule has 2 N–H and O–H groups in total. The first-order valence-electron chi connectivity index (χ1n) is 7.93. The molecule has 6 nitrogen and oxygen atoms in total. The lowest BCUT2D eigenvalue weighted by Gasteiger charge is -2.09. The second kappa shape index (κ2) is 8.44. The Morgan fingerprint density at radius 1 is 1.23 bits per heavy atom. The maximum Gasteiger partial charge on any atom is 0.252 e. The number of nitrogens with one attached hydrogen (secondary N) is 2. The normalized spacial score (nSPS) is 10.8. The molecule has 0 radical (unpaired) electrons. The lowest BCUT2D eigenvalue weighted by Crippen LogP contribution is -2.10. The van der Waals surface area contributed by atoms with E-state index in [1.807, 2.05) is 48.5 Å². The number of ether oxygens (including phenoxy) is 1. The molecule has 0 atom stereocenters. The van der Waals surface area contributed by atoms with E-state index in [1.54, 1.807) is 13.1 Å². The quantitative estimate of drug-likeness (QED) is 0.475. The van der Waals surface area contributed by atoms with Crippen molar-refractivity contribution in [1.82, 2.24) is 9.97 Å². The van der Waals surface area contributed by atoms with Crippen molar-refractivity contribution in [3.8, 4) is 5.75 Å². The lowest BCUT2D eigenvalue weighted by molar-refractivity contribution is 0.306. The summed E-state index contributed by atoms with van der Waals surface area (Å²) in [5, 5.41) is 4.13. The molecule has 0 amide bonds. The van der Waals surface area contributed by atoms with Crippen molar-refractivity contribution in [1.29, 1.82) is 0 Å². The van der Waals surface area contributed by atoms with Gasteiger partial charge in [-0.25, -0.2) is 10.4 Å². The molecule has 132 valence electrons. The zero-order valence-corrected chi connectivity index (χ0v) is 15.7. The van der Waals surface area contributed by atoms with Crippen LogP contribution >= 0.6 is 15.9 Å². The number of aromatic amines is 1. The van der Waals surface area contributed by atoms with Gasteiger partial charge in [-0.3, -0.25) is 9.78 Å². The fraction of sp³-hybridized carbons (Fsp3) is 0.105. The molecule has 1 aromatic heterocycles. The van der Waals surface area contributed by atoms with Gasteiger partial charge < -0.3 is 4.74 Å². The fourth-order valence-corrected chi connectivity index (χ4v) is 2.52. The summed E-state index contributed by atoms with van der Waals surface area (Å²) in [6.07, 6.45) is 1.62. The molecule has 0 aliphatic heterocycles. The van der Waals surface area contributed by atoms with Crippen molar-refractivity contribution in [3.05, 3.63) is 86.2 Å². The highest BCUT2D eigenvalue weighted by atomic mass is 79.9. The number of anilines is 1. The van der Waals surface area contributed by atoms with Gasteiger partial charge in [0.1, 0.15) is 12.4 Å². The van der Waals surface area contributed by atoms with E-state index < -0.39 is 0 Å². The molecule has 0 fully saturated rings. The maximum atomic E-state index is 11.4. The monoisotopic (exact) mass is 412 g/mol. The molecule has 26 heavy (non-hydrogen) atoms. The number of hydrogen-bond acceptors (Lipinski definition) is 5. The molecule has 0 bridgehead atoms. The van der Waals surface area contributed by atoms with Gasteiger partial charge in [0.15, 0.2) is 0 Å². The fourth-order valence-electron chi connectivity index (χ4n) is 2.26. The van der Waals surface area contributed by atoms with Gasteiger partial charge >= 0.3 is 0 Å². The highest BCUT2D eigenvalue weighted by Crippen LogP contribution is 2.18. The summed E-state index contributed by atoms with van der Waals surface area (Å²) in [7, 11) is 0. The second-order valence-electron chi connectivity index (χ2n) is 5.56. The molecule has 0 saturated carbocycles. The van der Waals surface area contributed by atoms with E-state index in [0.717, 1.165) is 15.6 Å². The van der Waals surface area contributed by atoms with Gasteiger partial charge in [0.25, 0.3) is 5.56 Å². The van der Waals surface area contributed by atoms with Crippen molar-refractivity contribution in [2.75, 3.05) is 5.43 Å². The predicted molar refractivity (Wildman–Crippen MR) is 106 cm³/mol. The van der Waals surface area contributed by atoms with Crippen molar-refractivity contribution in [2.24, 2.45) is 5.10 Å². The van der Waals surface area contributed by atoms with Crippen molar-refractivity contribution < 1.29 is 4.74 Å². The Kier molecular flexibility index (Phi) is 5.80. The Morgan fingerprint density at radius 2 is 2.00 bits per heavy atom. The lowest BCUT2D eigenvalue weighted by atomic mass is 10.2. The minimum absolute atomic E-state index is 0.228. The molecule has 0 unspecified atom stereocenters. The van der Waals surface area contributed by atoms with E-state index in [1.165, 1.54) is 6.07 Å². The van der Waals surface area contributed by atoms with E-state index in [2.05, 4.69) is 36.4 Å². The van der Waals surface area contributed by atoms with Gasteiger partial charge in [0.05, 0.1) is 6.21 Å². The third-order valence-electron chi connectivity index (χ3n) is 3.47. The predicted octanol–water partition coefficient (Wildman–Crippen LogP) is 3.87. The zero-order chi connectivity index (χ0) is 18.4. The number of aromatic nitrogens is 2. The number of aryl methyl sites for hydroxylation is 1. The third-order valence-corrected chi connectivity index (χ3v) is 4.00. The molecule has 1 heterocycles. The SMILES string of the molecule is Cc1cc(=O)[nH]c(N/N=C/c2ccccc2OCc2ccc(Br)cc2)n1. The first-order valence-corrected chi connectivity index (χ1v) is 8.73. The number of benzene rings is 2. The first-order chi connectivity index (χ1) is 12.6. The second-order valence-corrected chi connectivity index (χ2v) is 6.47. The minimum atomic E-state index is -0.228. The van der Waals surface area contributed by atoms with Crippen LogP contribution in [0, 0.1) is 6.92 Å². The Balaban J connectivity index is 1.68. The van der Waals surface area contributed by atoms with Crippen LogP contribution in [0.1, 0.15) is 16.8 Å². The van der Waals surface area contributed by atoms with Gasteiger partial charge in [-0.15, -0.1) is 0 Å². The van der Waals surface area contributed by atoms with Gasteiger partial charge in [-0.2, -0.15) is 5.10 Å².